The highest BCUT2D eigenvalue weighted by molar-refractivity contribution is 7.22. The van der Waals surface area contributed by atoms with E-state index in [0.29, 0.717) is 10.7 Å². The van der Waals surface area contributed by atoms with Crippen molar-refractivity contribution in [1.29, 1.82) is 0 Å². The fourth-order valence-corrected chi connectivity index (χ4v) is 4.85. The Morgan fingerprint density at radius 1 is 1.03 bits per heavy atom. The summed E-state index contributed by atoms with van der Waals surface area (Å²) in [6.07, 6.45) is 1.68. The number of methoxy groups -OCH3 is 1. The number of carbonyl (C=O) groups is 1. The molecule has 0 aliphatic rings. The first-order chi connectivity index (χ1) is 15.6. The summed E-state index contributed by atoms with van der Waals surface area (Å²) >= 11 is 2.89. The second kappa shape index (κ2) is 8.49. The van der Waals surface area contributed by atoms with E-state index in [0.717, 1.165) is 37.3 Å². The number of rotatable bonds is 5. The Morgan fingerprint density at radius 3 is 2.66 bits per heavy atom. The minimum atomic E-state index is -0.255. The average molecular weight is 459 g/mol. The van der Waals surface area contributed by atoms with Crippen LogP contribution in [0.25, 0.3) is 20.4 Å². The Balaban J connectivity index is 1.57. The predicted molar refractivity (Wildman–Crippen MR) is 131 cm³/mol. The molecule has 1 amide bonds. The van der Waals surface area contributed by atoms with Crippen LogP contribution in [0.1, 0.15) is 21.5 Å². The van der Waals surface area contributed by atoms with Crippen molar-refractivity contribution in [1.82, 2.24) is 9.97 Å². The van der Waals surface area contributed by atoms with Crippen molar-refractivity contribution in [3.63, 3.8) is 0 Å². The largest absolute Gasteiger partial charge is 0.497 e. The number of nitrogens with zero attached hydrogens (tertiary/aromatic N) is 4. The molecule has 0 fully saturated rings. The maximum Gasteiger partial charge on any atom is 0.280 e. The van der Waals surface area contributed by atoms with Crippen molar-refractivity contribution in [2.75, 3.05) is 12.1 Å². The Kier molecular flexibility index (Phi) is 5.38. The lowest BCUT2D eigenvalue weighted by Crippen LogP contribution is -2.25. The third-order valence-corrected chi connectivity index (χ3v) is 6.72. The Morgan fingerprint density at radius 2 is 1.84 bits per heavy atom. The molecule has 0 spiro atoms. The summed E-state index contributed by atoms with van der Waals surface area (Å²) in [5.41, 5.74) is 6.01. The molecule has 3 aromatic carbocycles. The van der Waals surface area contributed by atoms with Crippen molar-refractivity contribution >= 4 is 60.4 Å². The molecule has 0 atom stereocenters. The lowest BCUT2D eigenvalue weighted by atomic mass is 10.2. The van der Waals surface area contributed by atoms with Gasteiger partial charge in [0.15, 0.2) is 0 Å². The maximum atomic E-state index is 13.5. The topological polar surface area (TPSA) is 67.7 Å². The van der Waals surface area contributed by atoms with Crippen molar-refractivity contribution in [3.05, 3.63) is 82.9 Å². The minimum absolute atomic E-state index is 0.255. The fourth-order valence-electron chi connectivity index (χ4n) is 3.19. The molecule has 5 rings (SSSR count). The van der Waals surface area contributed by atoms with Gasteiger partial charge in [-0.15, -0.1) is 11.3 Å². The van der Waals surface area contributed by atoms with Gasteiger partial charge in [0, 0.05) is 5.56 Å². The van der Waals surface area contributed by atoms with Gasteiger partial charge < -0.3 is 4.74 Å². The van der Waals surface area contributed by atoms with Gasteiger partial charge in [0.2, 0.25) is 5.13 Å². The van der Waals surface area contributed by atoms with E-state index in [1.54, 1.807) is 24.9 Å². The fraction of sp³-hybridized carbons (Fsp3) is 0.0833. The summed E-state index contributed by atoms with van der Waals surface area (Å²) in [5.74, 6) is 0.485. The normalized spacial score (nSPS) is 11.4. The molecule has 0 aliphatic carbocycles. The number of fused-ring (bicyclic) bond motifs is 2. The van der Waals surface area contributed by atoms with Gasteiger partial charge in [-0.1, -0.05) is 41.2 Å². The summed E-state index contributed by atoms with van der Waals surface area (Å²) in [6.45, 7) is 2.03. The zero-order valence-electron chi connectivity index (χ0n) is 17.4. The number of thiazole rings is 2. The van der Waals surface area contributed by atoms with Crippen LogP contribution in [-0.2, 0) is 0 Å². The van der Waals surface area contributed by atoms with Crippen LogP contribution < -0.4 is 9.75 Å². The maximum absolute atomic E-state index is 13.5. The van der Waals surface area contributed by atoms with Crippen LogP contribution in [0.5, 0.6) is 5.75 Å². The van der Waals surface area contributed by atoms with Gasteiger partial charge in [-0.25, -0.2) is 9.97 Å². The van der Waals surface area contributed by atoms with E-state index >= 15 is 0 Å². The van der Waals surface area contributed by atoms with Crippen LogP contribution in [0.2, 0.25) is 0 Å². The number of carbonyl (C=O) groups excluding carboxylic acids is 1. The van der Waals surface area contributed by atoms with E-state index in [1.165, 1.54) is 27.7 Å². The number of amides is 1. The number of benzene rings is 3. The van der Waals surface area contributed by atoms with E-state index in [2.05, 4.69) is 15.1 Å². The summed E-state index contributed by atoms with van der Waals surface area (Å²) in [4.78, 5) is 22.5. The standard InChI is InChI=1S/C24H18N4O2S2/c1-15-3-5-16(6-4-15)13-26-28(23(29)17-7-9-19-21(11-17)31-14-25-19)24-27-20-10-8-18(30-2)12-22(20)32-24/h3-14H,1-2H3/b26-13+. The van der Waals surface area contributed by atoms with Gasteiger partial charge in [-0.3, -0.25) is 4.79 Å². The number of hydrazone groups is 1. The van der Waals surface area contributed by atoms with Gasteiger partial charge >= 0.3 is 0 Å². The zero-order valence-corrected chi connectivity index (χ0v) is 19.0. The van der Waals surface area contributed by atoms with Crippen LogP contribution in [0.3, 0.4) is 0 Å². The minimum Gasteiger partial charge on any atom is -0.497 e. The highest BCUT2D eigenvalue weighted by atomic mass is 32.1. The monoisotopic (exact) mass is 458 g/mol. The zero-order chi connectivity index (χ0) is 22.1. The van der Waals surface area contributed by atoms with Gasteiger partial charge in [-0.2, -0.15) is 10.1 Å². The van der Waals surface area contributed by atoms with Crippen molar-refractivity contribution in [2.24, 2.45) is 5.10 Å². The van der Waals surface area contributed by atoms with Crippen LogP contribution in [0.4, 0.5) is 5.13 Å². The average Bonchev–Trinajstić information content (AvgIpc) is 3.46. The summed E-state index contributed by atoms with van der Waals surface area (Å²) < 4.78 is 7.19. The van der Waals surface area contributed by atoms with E-state index in [9.17, 15) is 4.79 Å². The third kappa shape index (κ3) is 3.98. The molecule has 0 saturated heterocycles. The van der Waals surface area contributed by atoms with E-state index in [-0.39, 0.29) is 5.91 Å². The highest BCUT2D eigenvalue weighted by Crippen LogP contribution is 2.33. The van der Waals surface area contributed by atoms with Crippen LogP contribution in [-0.4, -0.2) is 29.2 Å². The number of hydrogen-bond donors (Lipinski definition) is 0. The first-order valence-corrected chi connectivity index (χ1v) is 11.5. The molecule has 0 unspecified atom stereocenters. The molecule has 2 aromatic heterocycles. The first kappa shape index (κ1) is 20.3. The molecule has 0 aliphatic heterocycles. The second-order valence-electron chi connectivity index (χ2n) is 7.14. The number of ether oxygens (including phenoxy) is 1. The summed E-state index contributed by atoms with van der Waals surface area (Å²) in [7, 11) is 1.63. The highest BCUT2D eigenvalue weighted by Gasteiger charge is 2.22. The lowest BCUT2D eigenvalue weighted by Gasteiger charge is -2.14. The molecule has 5 aromatic rings. The van der Waals surface area contributed by atoms with Crippen LogP contribution in [0, 0.1) is 6.92 Å². The molecule has 2 heterocycles. The van der Waals surface area contributed by atoms with E-state index < -0.39 is 0 Å². The molecule has 0 N–H and O–H groups in total. The van der Waals surface area contributed by atoms with E-state index in [4.69, 9.17) is 4.74 Å². The van der Waals surface area contributed by atoms with Crippen LogP contribution in [0.15, 0.2) is 71.3 Å². The molecule has 0 radical (unpaired) electrons. The molecule has 0 bridgehead atoms. The molecule has 32 heavy (non-hydrogen) atoms. The third-order valence-electron chi connectivity index (χ3n) is 4.94. The predicted octanol–water partition coefficient (Wildman–Crippen LogP) is 5.90. The number of hydrogen-bond acceptors (Lipinski definition) is 7. The second-order valence-corrected chi connectivity index (χ2v) is 9.03. The quantitative estimate of drug-likeness (QED) is 0.243. The van der Waals surface area contributed by atoms with Crippen molar-refractivity contribution < 1.29 is 9.53 Å². The molecule has 158 valence electrons. The Bertz CT molecular complexity index is 1450. The molecule has 0 saturated carbocycles. The smallest absolute Gasteiger partial charge is 0.280 e. The first-order valence-electron chi connectivity index (χ1n) is 9.84. The summed E-state index contributed by atoms with van der Waals surface area (Å²) in [5, 5.41) is 6.39. The van der Waals surface area contributed by atoms with Gasteiger partial charge in [0.25, 0.3) is 5.91 Å². The molecular weight excluding hydrogens is 440 g/mol. The number of aromatic nitrogens is 2. The van der Waals surface area contributed by atoms with Crippen LogP contribution >= 0.6 is 22.7 Å². The Hall–Kier alpha value is -3.62. The molecular formula is C24H18N4O2S2. The molecule has 6 nitrogen and oxygen atoms in total. The number of aryl methyl sites for hydroxylation is 1. The van der Waals surface area contributed by atoms with Gasteiger partial charge in [0.05, 0.1) is 39.3 Å². The van der Waals surface area contributed by atoms with Crippen molar-refractivity contribution in [2.45, 2.75) is 6.92 Å². The van der Waals surface area contributed by atoms with Gasteiger partial charge in [0.1, 0.15) is 5.75 Å². The SMILES string of the molecule is COc1ccc2nc(N(/N=C/c3ccc(C)cc3)C(=O)c3ccc4ncsc4c3)sc2c1. The number of anilines is 1. The Labute approximate surface area is 192 Å². The summed E-state index contributed by atoms with van der Waals surface area (Å²) in [6, 6.07) is 19.1. The van der Waals surface area contributed by atoms with E-state index in [1.807, 2.05) is 61.5 Å². The van der Waals surface area contributed by atoms with Crippen molar-refractivity contribution in [3.8, 4) is 5.75 Å². The lowest BCUT2D eigenvalue weighted by molar-refractivity contribution is 0.0988. The van der Waals surface area contributed by atoms with Gasteiger partial charge in [-0.05, 0) is 48.9 Å². The molecule has 8 heteroatoms.